The molecule has 0 radical (unpaired) electrons. The fourth-order valence-electron chi connectivity index (χ4n) is 4.26. The number of nitrogens with zero attached hydrogens (tertiary/aromatic N) is 1. The van der Waals surface area contributed by atoms with Gasteiger partial charge in [0, 0.05) is 23.1 Å². The zero-order chi connectivity index (χ0) is 20.1. The maximum atomic E-state index is 13.1. The molecular formula is C22H28BrNO4. The van der Waals surface area contributed by atoms with E-state index in [1.807, 2.05) is 12.1 Å². The minimum Gasteiger partial charge on any atom is -0.493 e. The molecule has 1 heterocycles. The predicted octanol–water partition coefficient (Wildman–Crippen LogP) is 4.66. The van der Waals surface area contributed by atoms with Gasteiger partial charge in [-0.2, -0.15) is 0 Å². The third kappa shape index (κ3) is 4.96. The summed E-state index contributed by atoms with van der Waals surface area (Å²) >= 11 is 3.53. The van der Waals surface area contributed by atoms with Crippen LogP contribution in [0.15, 0.2) is 28.9 Å². The number of carbonyl (C=O) groups is 2. The molecule has 1 unspecified atom stereocenters. The van der Waals surface area contributed by atoms with E-state index in [1.165, 1.54) is 38.2 Å². The van der Waals surface area contributed by atoms with Gasteiger partial charge in [-0.3, -0.25) is 9.59 Å². The Bertz CT molecular complexity index is 755. The lowest BCUT2D eigenvalue weighted by molar-refractivity contribution is -0.131. The summed E-state index contributed by atoms with van der Waals surface area (Å²) < 4.78 is 11.5. The highest BCUT2D eigenvalue weighted by molar-refractivity contribution is 9.10. The standard InChI is InChI=1S/C22H28BrNO4/c1-27-20-11-16(19(23)14-21(20)28-2)12-22(26)24-9-8-18(25)13-17(24)10-15-6-4-3-5-7-15/h8-9,11,14-15,17H,3-7,10,12-13H2,1-2H3. The Morgan fingerprint density at radius 2 is 1.82 bits per heavy atom. The average molecular weight is 450 g/mol. The molecule has 0 spiro atoms. The highest BCUT2D eigenvalue weighted by atomic mass is 79.9. The highest BCUT2D eigenvalue weighted by Crippen LogP contribution is 2.35. The molecule has 1 fully saturated rings. The Kier molecular flexibility index (Phi) is 7.16. The molecule has 1 aromatic rings. The van der Waals surface area contributed by atoms with Crippen LogP contribution in [0.4, 0.5) is 0 Å². The van der Waals surface area contributed by atoms with Crippen LogP contribution in [0, 0.1) is 5.92 Å². The van der Waals surface area contributed by atoms with Crippen molar-refractivity contribution in [3.63, 3.8) is 0 Å². The Balaban J connectivity index is 1.75. The molecule has 1 atom stereocenters. The third-order valence-corrected chi connectivity index (χ3v) is 6.50. The van der Waals surface area contributed by atoms with Crippen LogP contribution in [0.5, 0.6) is 11.5 Å². The first-order chi connectivity index (χ1) is 13.5. The molecule has 1 aliphatic carbocycles. The van der Waals surface area contributed by atoms with E-state index in [2.05, 4.69) is 15.9 Å². The summed E-state index contributed by atoms with van der Waals surface area (Å²) in [7, 11) is 3.16. The van der Waals surface area contributed by atoms with Gasteiger partial charge in [-0.05, 0) is 36.1 Å². The molecule has 0 saturated heterocycles. The summed E-state index contributed by atoms with van der Waals surface area (Å²) in [4.78, 5) is 26.9. The Labute approximate surface area is 175 Å². The fraction of sp³-hybridized carbons (Fsp3) is 0.545. The van der Waals surface area contributed by atoms with E-state index in [0.717, 1.165) is 16.5 Å². The van der Waals surface area contributed by atoms with Crippen molar-refractivity contribution >= 4 is 27.6 Å². The summed E-state index contributed by atoms with van der Waals surface area (Å²) in [5.41, 5.74) is 0.837. The Morgan fingerprint density at radius 1 is 1.14 bits per heavy atom. The summed E-state index contributed by atoms with van der Waals surface area (Å²) in [5.74, 6) is 1.93. The zero-order valence-electron chi connectivity index (χ0n) is 16.6. The second-order valence-electron chi connectivity index (χ2n) is 7.66. The van der Waals surface area contributed by atoms with Gasteiger partial charge in [0.15, 0.2) is 17.3 Å². The van der Waals surface area contributed by atoms with Crippen molar-refractivity contribution in [3.05, 3.63) is 34.4 Å². The summed E-state index contributed by atoms with van der Waals surface area (Å²) in [6.45, 7) is 0. The van der Waals surface area contributed by atoms with Crippen LogP contribution in [0.2, 0.25) is 0 Å². The van der Waals surface area contributed by atoms with Gasteiger partial charge in [0.2, 0.25) is 5.91 Å². The lowest BCUT2D eigenvalue weighted by atomic mass is 9.83. The number of allylic oxidation sites excluding steroid dienone is 1. The van der Waals surface area contributed by atoms with Gasteiger partial charge in [0.25, 0.3) is 0 Å². The third-order valence-electron chi connectivity index (χ3n) is 5.76. The first-order valence-corrected chi connectivity index (χ1v) is 10.7. The summed E-state index contributed by atoms with van der Waals surface area (Å²) in [5, 5.41) is 0. The minimum absolute atomic E-state index is 0.00233. The van der Waals surface area contributed by atoms with Gasteiger partial charge in [-0.1, -0.05) is 48.0 Å². The maximum Gasteiger partial charge on any atom is 0.231 e. The molecular weight excluding hydrogens is 422 g/mol. The molecule has 3 rings (SSSR count). The molecule has 1 saturated carbocycles. The molecule has 2 aliphatic rings. The van der Waals surface area contributed by atoms with E-state index < -0.39 is 0 Å². The van der Waals surface area contributed by atoms with Gasteiger partial charge in [-0.25, -0.2) is 0 Å². The molecule has 5 nitrogen and oxygen atoms in total. The number of halogens is 1. The monoisotopic (exact) mass is 449 g/mol. The first kappa shape index (κ1) is 20.9. The van der Waals surface area contributed by atoms with Gasteiger partial charge < -0.3 is 14.4 Å². The molecule has 6 heteroatoms. The first-order valence-electron chi connectivity index (χ1n) is 9.94. The molecule has 152 valence electrons. The van der Waals surface area contributed by atoms with Crippen LogP contribution in [0.25, 0.3) is 0 Å². The van der Waals surface area contributed by atoms with Gasteiger partial charge in [0.05, 0.1) is 20.6 Å². The molecule has 1 aromatic carbocycles. The van der Waals surface area contributed by atoms with Gasteiger partial charge in [-0.15, -0.1) is 0 Å². The molecule has 1 amide bonds. The highest BCUT2D eigenvalue weighted by Gasteiger charge is 2.30. The van der Waals surface area contributed by atoms with E-state index >= 15 is 0 Å². The normalized spacial score (nSPS) is 20.3. The van der Waals surface area contributed by atoms with E-state index in [9.17, 15) is 9.59 Å². The second kappa shape index (κ2) is 9.59. The van der Waals surface area contributed by atoms with Crippen LogP contribution in [-0.2, 0) is 16.0 Å². The number of ether oxygens (including phenoxy) is 2. The minimum atomic E-state index is -0.0352. The van der Waals surface area contributed by atoms with Gasteiger partial charge in [0.1, 0.15) is 0 Å². The van der Waals surface area contributed by atoms with Crippen molar-refractivity contribution in [2.45, 2.75) is 57.4 Å². The van der Waals surface area contributed by atoms with Crippen molar-refractivity contribution in [2.24, 2.45) is 5.92 Å². The second-order valence-corrected chi connectivity index (χ2v) is 8.51. The molecule has 28 heavy (non-hydrogen) atoms. The van der Waals surface area contributed by atoms with Crippen LogP contribution < -0.4 is 9.47 Å². The quantitative estimate of drug-likeness (QED) is 0.633. The van der Waals surface area contributed by atoms with E-state index in [4.69, 9.17) is 9.47 Å². The number of carbonyl (C=O) groups excluding carboxylic acids is 2. The fourth-order valence-corrected chi connectivity index (χ4v) is 4.72. The number of ketones is 1. The van der Waals surface area contributed by atoms with Crippen molar-refractivity contribution in [1.29, 1.82) is 0 Å². The zero-order valence-corrected chi connectivity index (χ0v) is 18.2. The largest absolute Gasteiger partial charge is 0.493 e. The molecule has 0 aromatic heterocycles. The van der Waals surface area contributed by atoms with Crippen LogP contribution >= 0.6 is 15.9 Å². The number of hydrogen-bond donors (Lipinski definition) is 0. The summed E-state index contributed by atoms with van der Waals surface area (Å²) in [6.07, 6.45) is 11.0. The lowest BCUT2D eigenvalue weighted by Crippen LogP contribution is -2.42. The van der Waals surface area contributed by atoms with Crippen LogP contribution in [0.1, 0.15) is 50.5 Å². The van der Waals surface area contributed by atoms with Crippen LogP contribution in [0.3, 0.4) is 0 Å². The molecule has 0 bridgehead atoms. The number of benzene rings is 1. The lowest BCUT2D eigenvalue weighted by Gasteiger charge is -2.34. The maximum absolute atomic E-state index is 13.1. The number of rotatable bonds is 6. The summed E-state index contributed by atoms with van der Waals surface area (Å²) in [6, 6.07) is 3.61. The average Bonchev–Trinajstić information content (AvgIpc) is 2.70. The van der Waals surface area contributed by atoms with Crippen molar-refractivity contribution in [2.75, 3.05) is 14.2 Å². The SMILES string of the molecule is COc1cc(Br)c(CC(=O)N2C=CC(=O)CC2CC2CCCCC2)cc1OC. The Morgan fingerprint density at radius 3 is 2.50 bits per heavy atom. The predicted molar refractivity (Wildman–Crippen MR) is 112 cm³/mol. The van der Waals surface area contributed by atoms with E-state index in [1.54, 1.807) is 25.3 Å². The van der Waals surface area contributed by atoms with Crippen molar-refractivity contribution in [1.82, 2.24) is 4.90 Å². The van der Waals surface area contributed by atoms with Crippen LogP contribution in [-0.4, -0.2) is 36.9 Å². The van der Waals surface area contributed by atoms with Crippen molar-refractivity contribution < 1.29 is 19.1 Å². The van der Waals surface area contributed by atoms with E-state index in [0.29, 0.717) is 23.8 Å². The van der Waals surface area contributed by atoms with Gasteiger partial charge >= 0.3 is 0 Å². The molecule has 0 N–H and O–H groups in total. The number of methoxy groups -OCH3 is 2. The smallest absolute Gasteiger partial charge is 0.231 e. The topological polar surface area (TPSA) is 55.8 Å². The Hall–Kier alpha value is -1.82. The van der Waals surface area contributed by atoms with Crippen molar-refractivity contribution in [3.8, 4) is 11.5 Å². The molecule has 1 aliphatic heterocycles. The van der Waals surface area contributed by atoms with E-state index in [-0.39, 0.29) is 24.2 Å². The number of hydrogen-bond acceptors (Lipinski definition) is 4. The number of amides is 1.